The molecule has 0 radical (unpaired) electrons. The summed E-state index contributed by atoms with van der Waals surface area (Å²) < 4.78 is 1.79. The van der Waals surface area contributed by atoms with Crippen LogP contribution in [0.5, 0.6) is 0 Å². The number of nitrogens with zero attached hydrogens (tertiary/aromatic N) is 4. The summed E-state index contributed by atoms with van der Waals surface area (Å²) in [5, 5.41) is 4.89. The molecule has 0 aliphatic heterocycles. The summed E-state index contributed by atoms with van der Waals surface area (Å²) in [6.07, 6.45) is 1.70. The van der Waals surface area contributed by atoms with E-state index in [0.717, 1.165) is 12.2 Å². The third-order valence-electron chi connectivity index (χ3n) is 2.27. The van der Waals surface area contributed by atoms with Gasteiger partial charge < -0.3 is 0 Å². The van der Waals surface area contributed by atoms with Crippen molar-refractivity contribution >= 4 is 23.2 Å². The van der Waals surface area contributed by atoms with E-state index in [1.165, 1.54) is 0 Å². The highest BCUT2D eigenvalue weighted by molar-refractivity contribution is 6.34. The molecule has 0 aliphatic carbocycles. The second-order valence-electron chi connectivity index (χ2n) is 3.29. The quantitative estimate of drug-likeness (QED) is 0.777. The van der Waals surface area contributed by atoms with Crippen LogP contribution in [0.1, 0.15) is 12.5 Å². The molecular formula is C10H10Cl2N4. The van der Waals surface area contributed by atoms with Crippen LogP contribution in [-0.4, -0.2) is 19.7 Å². The van der Waals surface area contributed by atoms with Crippen LogP contribution < -0.4 is 0 Å². The zero-order chi connectivity index (χ0) is 11.7. The van der Waals surface area contributed by atoms with E-state index in [9.17, 15) is 0 Å². The van der Waals surface area contributed by atoms with Gasteiger partial charge in [0.15, 0.2) is 5.82 Å². The SMILES string of the molecule is CCn1nccc1-c1nc(Cl)c(C)c(Cl)n1. The van der Waals surface area contributed by atoms with Crippen LogP contribution in [0.25, 0.3) is 11.5 Å². The number of aromatic nitrogens is 4. The van der Waals surface area contributed by atoms with Gasteiger partial charge in [-0.25, -0.2) is 9.97 Å². The van der Waals surface area contributed by atoms with E-state index in [4.69, 9.17) is 23.2 Å². The largest absolute Gasteiger partial charge is 0.262 e. The first-order valence-electron chi connectivity index (χ1n) is 4.85. The molecule has 16 heavy (non-hydrogen) atoms. The van der Waals surface area contributed by atoms with Crippen LogP contribution in [0.3, 0.4) is 0 Å². The van der Waals surface area contributed by atoms with E-state index >= 15 is 0 Å². The fourth-order valence-electron chi connectivity index (χ4n) is 1.35. The Bertz CT molecular complexity index is 498. The molecule has 4 nitrogen and oxygen atoms in total. The molecule has 0 atom stereocenters. The van der Waals surface area contributed by atoms with Gasteiger partial charge in [0.1, 0.15) is 16.0 Å². The van der Waals surface area contributed by atoms with E-state index in [2.05, 4.69) is 15.1 Å². The summed E-state index contributed by atoms with van der Waals surface area (Å²) in [6.45, 7) is 4.52. The third kappa shape index (κ3) is 1.90. The average Bonchev–Trinajstić information content (AvgIpc) is 2.73. The van der Waals surface area contributed by atoms with Crippen molar-refractivity contribution in [2.75, 3.05) is 0 Å². The highest BCUT2D eigenvalue weighted by Gasteiger charge is 2.12. The van der Waals surface area contributed by atoms with E-state index in [0.29, 0.717) is 21.7 Å². The molecular weight excluding hydrogens is 247 g/mol. The van der Waals surface area contributed by atoms with Crippen LogP contribution in [-0.2, 0) is 6.54 Å². The lowest BCUT2D eigenvalue weighted by Gasteiger charge is -2.06. The van der Waals surface area contributed by atoms with Gasteiger partial charge in [0.05, 0.1) is 0 Å². The summed E-state index contributed by atoms with van der Waals surface area (Å²) in [5.41, 5.74) is 1.50. The molecule has 2 aromatic heterocycles. The molecule has 0 unspecified atom stereocenters. The maximum absolute atomic E-state index is 5.97. The Labute approximate surface area is 103 Å². The molecule has 0 N–H and O–H groups in total. The molecule has 0 saturated carbocycles. The van der Waals surface area contributed by atoms with Crippen LogP contribution in [0.4, 0.5) is 0 Å². The summed E-state index contributed by atoms with van der Waals surface area (Å²) in [5.74, 6) is 0.500. The third-order valence-corrected chi connectivity index (χ3v) is 3.01. The molecule has 0 amide bonds. The van der Waals surface area contributed by atoms with E-state index in [1.807, 2.05) is 13.0 Å². The van der Waals surface area contributed by atoms with Crippen molar-refractivity contribution in [3.63, 3.8) is 0 Å². The highest BCUT2D eigenvalue weighted by Crippen LogP contribution is 2.24. The van der Waals surface area contributed by atoms with E-state index in [1.54, 1.807) is 17.8 Å². The Morgan fingerprint density at radius 1 is 1.25 bits per heavy atom. The normalized spacial score (nSPS) is 10.8. The van der Waals surface area contributed by atoms with Gasteiger partial charge in [-0.2, -0.15) is 5.10 Å². The lowest BCUT2D eigenvalue weighted by Crippen LogP contribution is -2.02. The smallest absolute Gasteiger partial charge is 0.180 e. The van der Waals surface area contributed by atoms with Gasteiger partial charge in [-0.15, -0.1) is 0 Å². The first-order valence-corrected chi connectivity index (χ1v) is 5.61. The molecule has 0 spiro atoms. The van der Waals surface area contributed by atoms with Crippen LogP contribution >= 0.6 is 23.2 Å². The van der Waals surface area contributed by atoms with Crippen LogP contribution in [0.15, 0.2) is 12.3 Å². The highest BCUT2D eigenvalue weighted by atomic mass is 35.5. The Hall–Kier alpha value is -1.13. The summed E-state index contributed by atoms with van der Waals surface area (Å²) >= 11 is 11.9. The maximum atomic E-state index is 5.97. The van der Waals surface area contributed by atoms with Gasteiger partial charge >= 0.3 is 0 Å². The fourth-order valence-corrected chi connectivity index (χ4v) is 1.74. The Balaban J connectivity index is 2.57. The summed E-state index contributed by atoms with van der Waals surface area (Å²) in [6, 6.07) is 1.83. The molecule has 2 rings (SSSR count). The van der Waals surface area contributed by atoms with E-state index < -0.39 is 0 Å². The Morgan fingerprint density at radius 2 is 1.88 bits per heavy atom. The van der Waals surface area contributed by atoms with E-state index in [-0.39, 0.29) is 0 Å². The van der Waals surface area contributed by atoms with Gasteiger partial charge in [-0.05, 0) is 19.9 Å². The van der Waals surface area contributed by atoms with Crippen molar-refractivity contribution < 1.29 is 0 Å². The monoisotopic (exact) mass is 256 g/mol. The standard InChI is InChI=1S/C10H10Cl2N4/c1-3-16-7(4-5-13-16)10-14-8(11)6(2)9(12)15-10/h4-5H,3H2,1-2H3. The Morgan fingerprint density at radius 3 is 2.44 bits per heavy atom. The van der Waals surface area contributed by atoms with Gasteiger partial charge in [0.25, 0.3) is 0 Å². The molecule has 0 bridgehead atoms. The fraction of sp³-hybridized carbons (Fsp3) is 0.300. The second-order valence-corrected chi connectivity index (χ2v) is 4.00. The number of rotatable bonds is 2. The lowest BCUT2D eigenvalue weighted by atomic mass is 10.3. The lowest BCUT2D eigenvalue weighted by molar-refractivity contribution is 0.663. The topological polar surface area (TPSA) is 43.6 Å². The van der Waals surface area contributed by atoms with Crippen molar-refractivity contribution in [3.05, 3.63) is 28.1 Å². The van der Waals surface area contributed by atoms with Crippen molar-refractivity contribution in [1.29, 1.82) is 0 Å². The van der Waals surface area contributed by atoms with Crippen molar-refractivity contribution in [3.8, 4) is 11.5 Å². The molecule has 0 saturated heterocycles. The second kappa shape index (κ2) is 4.39. The van der Waals surface area contributed by atoms with Gasteiger partial charge in [0.2, 0.25) is 0 Å². The van der Waals surface area contributed by atoms with Gasteiger partial charge in [-0.1, -0.05) is 23.2 Å². The molecule has 0 aliphatic rings. The maximum Gasteiger partial charge on any atom is 0.180 e. The first kappa shape index (κ1) is 11.4. The van der Waals surface area contributed by atoms with Gasteiger partial charge in [0, 0.05) is 18.3 Å². The minimum atomic E-state index is 0.374. The van der Waals surface area contributed by atoms with Crippen LogP contribution in [0.2, 0.25) is 10.3 Å². The molecule has 6 heteroatoms. The Kier molecular flexibility index (Phi) is 3.12. The molecule has 2 aromatic rings. The molecule has 0 fully saturated rings. The number of hydrogen-bond donors (Lipinski definition) is 0. The predicted octanol–water partition coefficient (Wildman–Crippen LogP) is 2.98. The number of aryl methyl sites for hydroxylation is 1. The predicted molar refractivity (Wildman–Crippen MR) is 63.7 cm³/mol. The van der Waals surface area contributed by atoms with Gasteiger partial charge in [-0.3, -0.25) is 4.68 Å². The van der Waals surface area contributed by atoms with Crippen LogP contribution in [0, 0.1) is 6.92 Å². The zero-order valence-corrected chi connectivity index (χ0v) is 10.4. The number of hydrogen-bond acceptors (Lipinski definition) is 3. The molecule has 84 valence electrons. The summed E-state index contributed by atoms with van der Waals surface area (Å²) in [4.78, 5) is 8.39. The zero-order valence-electron chi connectivity index (χ0n) is 8.91. The van der Waals surface area contributed by atoms with Crippen molar-refractivity contribution in [2.45, 2.75) is 20.4 Å². The van der Waals surface area contributed by atoms with Crippen molar-refractivity contribution in [1.82, 2.24) is 19.7 Å². The first-order chi connectivity index (χ1) is 7.63. The minimum absolute atomic E-state index is 0.374. The molecule has 0 aromatic carbocycles. The molecule has 2 heterocycles. The average molecular weight is 257 g/mol. The number of halogens is 2. The summed E-state index contributed by atoms with van der Waals surface area (Å²) in [7, 11) is 0. The minimum Gasteiger partial charge on any atom is -0.262 e. The van der Waals surface area contributed by atoms with Crippen molar-refractivity contribution in [2.24, 2.45) is 0 Å².